The Labute approximate surface area is 32.7 Å². The molecule has 28 valence electrons. The van der Waals surface area contributed by atoms with Crippen molar-refractivity contribution in [1.82, 2.24) is 5.32 Å². The highest BCUT2D eigenvalue weighted by atomic mass is 14.8. The van der Waals surface area contributed by atoms with Gasteiger partial charge in [0.2, 0.25) is 0 Å². The van der Waals surface area contributed by atoms with Gasteiger partial charge in [-0.25, -0.2) is 0 Å². The molecule has 1 heteroatoms. The molecule has 0 rings (SSSR count). The summed E-state index contributed by atoms with van der Waals surface area (Å²) >= 11 is 0. The number of nitrogens with zero attached hydrogens (tertiary/aromatic N) is 1. The molecule has 0 aromatic carbocycles. The Morgan fingerprint density at radius 2 is 2.40 bits per heavy atom. The molecular formula is C4H7N. The summed E-state index contributed by atoms with van der Waals surface area (Å²) in [5.41, 5.74) is 0. The molecule has 0 aromatic heterocycles. The summed E-state index contributed by atoms with van der Waals surface area (Å²) in [6.07, 6.45) is 4.35. The normalized spacial score (nSPS) is 9.20. The topological polar surface area (TPSA) is 14.1 Å². The highest BCUT2D eigenvalue weighted by Crippen LogP contribution is 1.54. The van der Waals surface area contributed by atoms with Gasteiger partial charge in [-0.3, -0.25) is 5.32 Å². The van der Waals surface area contributed by atoms with Gasteiger partial charge in [-0.1, -0.05) is 0 Å². The van der Waals surface area contributed by atoms with Crippen LogP contribution in [0.3, 0.4) is 0 Å². The lowest BCUT2D eigenvalue weighted by molar-refractivity contribution is 1.07. The fourth-order valence-electron chi connectivity index (χ4n) is 0.129. The van der Waals surface area contributed by atoms with Gasteiger partial charge >= 0.3 is 0 Å². The van der Waals surface area contributed by atoms with Crippen molar-refractivity contribution in [2.45, 2.75) is 6.92 Å². The fourth-order valence-corrected chi connectivity index (χ4v) is 0.129. The van der Waals surface area contributed by atoms with Crippen LogP contribution in [0.4, 0.5) is 0 Å². The van der Waals surface area contributed by atoms with E-state index < -0.39 is 0 Å². The van der Waals surface area contributed by atoms with Crippen LogP contribution < -0.4 is 5.32 Å². The second-order valence-corrected chi connectivity index (χ2v) is 0.676. The van der Waals surface area contributed by atoms with Gasteiger partial charge in [-0.2, -0.15) is 0 Å². The Bertz CT molecular complexity index is 30.6. The predicted octanol–water partition coefficient (Wildman–Crippen LogP) is 0.557. The summed E-state index contributed by atoms with van der Waals surface area (Å²) < 4.78 is 0. The number of allylic oxidation sites excluding steroid dienone is 1. The first-order chi connectivity index (χ1) is 2.41. The molecule has 1 nitrogen and oxygen atoms in total. The van der Waals surface area contributed by atoms with E-state index in [2.05, 4.69) is 11.4 Å². The molecule has 5 heavy (non-hydrogen) atoms. The van der Waals surface area contributed by atoms with Gasteiger partial charge in [0.1, 0.15) is 0 Å². The average molecular weight is 69.1 g/mol. The molecule has 0 N–H and O–H groups in total. The lowest BCUT2D eigenvalue weighted by Crippen LogP contribution is -1.77. The van der Waals surface area contributed by atoms with Crippen LogP contribution >= 0.6 is 0 Å². The van der Waals surface area contributed by atoms with Crippen molar-refractivity contribution in [2.24, 2.45) is 0 Å². The van der Waals surface area contributed by atoms with Crippen molar-refractivity contribution in [2.75, 3.05) is 7.05 Å². The molecule has 0 saturated carbocycles. The van der Waals surface area contributed by atoms with Crippen LogP contribution in [-0.2, 0) is 0 Å². The van der Waals surface area contributed by atoms with Gasteiger partial charge in [0, 0.05) is 13.2 Å². The Kier molecular flexibility index (Phi) is 3.21. The Morgan fingerprint density at radius 3 is 2.40 bits per heavy atom. The molecule has 0 aromatic rings. The van der Waals surface area contributed by atoms with Gasteiger partial charge in [-0.05, 0) is 13.0 Å². The predicted molar refractivity (Wildman–Crippen MR) is 21.5 cm³/mol. The second kappa shape index (κ2) is 3.54. The van der Waals surface area contributed by atoms with E-state index in [-0.39, 0.29) is 0 Å². The third-order valence-electron chi connectivity index (χ3n) is 0.258. The van der Waals surface area contributed by atoms with E-state index in [1.807, 2.05) is 6.92 Å². The molecule has 0 aliphatic carbocycles. The summed E-state index contributed by atoms with van der Waals surface area (Å²) in [5.74, 6) is 0. The largest absolute Gasteiger partial charge is 0.296 e. The third kappa shape index (κ3) is 3.54. The van der Waals surface area contributed by atoms with Crippen molar-refractivity contribution < 1.29 is 0 Å². The van der Waals surface area contributed by atoms with Crippen molar-refractivity contribution in [3.63, 3.8) is 0 Å². The second-order valence-electron chi connectivity index (χ2n) is 0.676. The highest BCUT2D eigenvalue weighted by Gasteiger charge is 1.50. The van der Waals surface area contributed by atoms with Gasteiger partial charge in [0.25, 0.3) is 0 Å². The SMILES string of the molecule is C/[C]=C/[N]C. The van der Waals surface area contributed by atoms with Crippen LogP contribution in [0.15, 0.2) is 6.20 Å². The fraction of sp³-hybridized carbons (Fsp3) is 0.500. The van der Waals surface area contributed by atoms with Crippen LogP contribution in [0.5, 0.6) is 0 Å². The molecule has 0 saturated heterocycles. The van der Waals surface area contributed by atoms with Crippen molar-refractivity contribution >= 4 is 0 Å². The molecule has 0 heterocycles. The van der Waals surface area contributed by atoms with E-state index in [0.29, 0.717) is 0 Å². The quantitative estimate of drug-likeness (QED) is 0.427. The summed E-state index contributed by atoms with van der Waals surface area (Å²) in [4.78, 5) is 0. The van der Waals surface area contributed by atoms with Gasteiger partial charge in [0.15, 0.2) is 0 Å². The number of hydrogen-bond donors (Lipinski definition) is 0. The molecule has 0 bridgehead atoms. The van der Waals surface area contributed by atoms with Gasteiger partial charge in [-0.15, -0.1) is 0 Å². The zero-order chi connectivity index (χ0) is 4.12. The molecule has 0 aliphatic heterocycles. The minimum Gasteiger partial charge on any atom is -0.296 e. The maximum atomic E-state index is 3.62. The van der Waals surface area contributed by atoms with Gasteiger partial charge < -0.3 is 0 Å². The summed E-state index contributed by atoms with van der Waals surface area (Å²) in [6, 6.07) is 0. The third-order valence-corrected chi connectivity index (χ3v) is 0.258. The smallest absolute Gasteiger partial charge is 0.0277 e. The van der Waals surface area contributed by atoms with Crippen molar-refractivity contribution in [3.05, 3.63) is 12.3 Å². The first kappa shape index (κ1) is 4.54. The molecule has 0 amide bonds. The molecule has 0 aliphatic rings. The Morgan fingerprint density at radius 1 is 1.80 bits per heavy atom. The van der Waals surface area contributed by atoms with E-state index in [0.717, 1.165) is 0 Å². The zero-order valence-electron chi connectivity index (χ0n) is 3.52. The maximum Gasteiger partial charge on any atom is 0.0277 e. The minimum absolute atomic E-state index is 1.62. The summed E-state index contributed by atoms with van der Waals surface area (Å²) in [7, 11) is 1.72. The minimum atomic E-state index is 1.62. The molecule has 2 radical (unpaired) electrons. The van der Waals surface area contributed by atoms with E-state index in [1.165, 1.54) is 0 Å². The van der Waals surface area contributed by atoms with Crippen LogP contribution in [0.25, 0.3) is 0 Å². The monoisotopic (exact) mass is 69.1 g/mol. The van der Waals surface area contributed by atoms with Crippen LogP contribution in [-0.4, -0.2) is 7.05 Å². The molecule has 0 unspecified atom stereocenters. The van der Waals surface area contributed by atoms with E-state index in [1.54, 1.807) is 13.2 Å². The first-order valence-corrected chi connectivity index (χ1v) is 1.49. The summed E-state index contributed by atoms with van der Waals surface area (Å²) in [5, 5.41) is 3.62. The standard InChI is InChI=1S/C4H7N/c1-3-4-5-2/h4H,1-2H3. The summed E-state index contributed by atoms with van der Waals surface area (Å²) in [6.45, 7) is 1.81. The van der Waals surface area contributed by atoms with Crippen LogP contribution in [0.2, 0.25) is 0 Å². The lowest BCUT2D eigenvalue weighted by Gasteiger charge is -1.69. The molecule has 0 spiro atoms. The zero-order valence-corrected chi connectivity index (χ0v) is 3.52. The Hall–Kier alpha value is -0.460. The van der Waals surface area contributed by atoms with E-state index in [4.69, 9.17) is 0 Å². The van der Waals surface area contributed by atoms with E-state index >= 15 is 0 Å². The highest BCUT2D eigenvalue weighted by molar-refractivity contribution is 4.60. The molecular weight excluding hydrogens is 62.1 g/mol. The molecule has 0 atom stereocenters. The Balaban J connectivity index is 2.62. The van der Waals surface area contributed by atoms with E-state index in [9.17, 15) is 0 Å². The van der Waals surface area contributed by atoms with Crippen molar-refractivity contribution in [1.29, 1.82) is 0 Å². The van der Waals surface area contributed by atoms with Crippen molar-refractivity contribution in [3.8, 4) is 0 Å². The average Bonchev–Trinajstić information content (AvgIpc) is 1.41. The van der Waals surface area contributed by atoms with Crippen LogP contribution in [0, 0.1) is 6.08 Å². The maximum absolute atomic E-state index is 3.62. The number of hydrogen-bond acceptors (Lipinski definition) is 0. The van der Waals surface area contributed by atoms with Crippen LogP contribution in [0.1, 0.15) is 6.92 Å². The van der Waals surface area contributed by atoms with Gasteiger partial charge in [0.05, 0.1) is 0 Å². The lowest BCUT2D eigenvalue weighted by atomic mass is 10.7. The molecule has 0 fully saturated rings. The number of rotatable bonds is 1. The first-order valence-electron chi connectivity index (χ1n) is 1.49.